The summed E-state index contributed by atoms with van der Waals surface area (Å²) >= 11 is 6.32. The molecule has 0 bridgehead atoms. The SMILES string of the molecule is Cc1ccc2c(c1)c1ncn(C(C)c3ccccc3)c(=O)c1n2Cc1c(F)cccc1Cl. The summed E-state index contributed by atoms with van der Waals surface area (Å²) in [5.74, 6) is -0.401. The van der Waals surface area contributed by atoms with Crippen LogP contribution in [0.3, 0.4) is 0 Å². The largest absolute Gasteiger partial charge is 0.330 e. The van der Waals surface area contributed by atoms with Gasteiger partial charge in [0.15, 0.2) is 0 Å². The quantitative estimate of drug-likeness (QED) is 0.335. The molecular weight excluding hydrogens is 425 g/mol. The number of hydrogen-bond acceptors (Lipinski definition) is 2. The van der Waals surface area contributed by atoms with E-state index in [9.17, 15) is 9.18 Å². The third-order valence-corrected chi connectivity index (χ3v) is 6.37. The highest BCUT2D eigenvalue weighted by molar-refractivity contribution is 6.31. The van der Waals surface area contributed by atoms with Crippen LogP contribution in [0, 0.1) is 12.7 Å². The Hall–Kier alpha value is -3.44. The molecule has 5 rings (SSSR count). The van der Waals surface area contributed by atoms with Gasteiger partial charge >= 0.3 is 0 Å². The molecule has 2 heterocycles. The number of fused-ring (bicyclic) bond motifs is 3. The molecule has 2 aromatic heterocycles. The van der Waals surface area contributed by atoms with Crippen LogP contribution >= 0.6 is 11.6 Å². The van der Waals surface area contributed by atoms with Gasteiger partial charge in [-0.1, -0.05) is 59.6 Å². The molecule has 0 aliphatic heterocycles. The van der Waals surface area contributed by atoms with Crippen LogP contribution in [0.1, 0.15) is 29.7 Å². The Morgan fingerprint density at radius 3 is 2.59 bits per heavy atom. The summed E-state index contributed by atoms with van der Waals surface area (Å²) in [5.41, 5.74) is 4.11. The maximum atomic E-state index is 14.6. The molecule has 0 amide bonds. The number of aryl methyl sites for hydroxylation is 1. The van der Waals surface area contributed by atoms with Crippen molar-refractivity contribution in [3.05, 3.63) is 111 Å². The minimum Gasteiger partial charge on any atom is -0.330 e. The van der Waals surface area contributed by atoms with Gasteiger partial charge in [0.2, 0.25) is 0 Å². The minimum absolute atomic E-state index is 0.134. The van der Waals surface area contributed by atoms with E-state index in [1.54, 1.807) is 23.0 Å². The van der Waals surface area contributed by atoms with Crippen LogP contribution in [-0.2, 0) is 6.54 Å². The van der Waals surface area contributed by atoms with Crippen LogP contribution < -0.4 is 5.56 Å². The average Bonchev–Trinajstić information content (AvgIpc) is 3.10. The first kappa shape index (κ1) is 20.5. The third kappa shape index (κ3) is 3.30. The fraction of sp³-hybridized carbons (Fsp3) is 0.154. The van der Waals surface area contributed by atoms with E-state index in [-0.39, 0.29) is 18.1 Å². The van der Waals surface area contributed by atoms with Crippen LogP contribution in [0.2, 0.25) is 5.02 Å². The molecule has 1 atom stereocenters. The van der Waals surface area contributed by atoms with E-state index >= 15 is 0 Å². The first-order valence-corrected chi connectivity index (χ1v) is 10.8. The molecule has 4 nitrogen and oxygen atoms in total. The molecule has 0 radical (unpaired) electrons. The van der Waals surface area contributed by atoms with Crippen LogP contribution in [0.25, 0.3) is 21.9 Å². The van der Waals surface area contributed by atoms with Crippen molar-refractivity contribution in [2.75, 3.05) is 0 Å². The lowest BCUT2D eigenvalue weighted by atomic mass is 10.1. The number of hydrogen-bond donors (Lipinski definition) is 0. The molecule has 5 aromatic rings. The highest BCUT2D eigenvalue weighted by Gasteiger charge is 2.20. The van der Waals surface area contributed by atoms with Gasteiger partial charge in [0.05, 0.1) is 24.4 Å². The smallest absolute Gasteiger partial charge is 0.278 e. The van der Waals surface area contributed by atoms with E-state index in [4.69, 9.17) is 11.6 Å². The molecule has 3 aromatic carbocycles. The maximum absolute atomic E-state index is 14.6. The molecule has 0 N–H and O–H groups in total. The molecule has 32 heavy (non-hydrogen) atoms. The molecule has 0 spiro atoms. The predicted molar refractivity (Wildman–Crippen MR) is 127 cm³/mol. The Morgan fingerprint density at radius 1 is 1.06 bits per heavy atom. The van der Waals surface area contributed by atoms with Crippen molar-refractivity contribution in [2.45, 2.75) is 26.4 Å². The second kappa shape index (κ2) is 7.92. The van der Waals surface area contributed by atoms with Crippen LogP contribution in [0.15, 0.2) is 77.9 Å². The number of rotatable bonds is 4. The van der Waals surface area contributed by atoms with E-state index in [1.165, 1.54) is 6.07 Å². The summed E-state index contributed by atoms with van der Waals surface area (Å²) in [6.45, 7) is 4.10. The van der Waals surface area contributed by atoms with Gasteiger partial charge in [0, 0.05) is 16.0 Å². The second-order valence-electron chi connectivity index (χ2n) is 8.05. The van der Waals surface area contributed by atoms with E-state index in [2.05, 4.69) is 4.98 Å². The van der Waals surface area contributed by atoms with E-state index in [0.29, 0.717) is 21.6 Å². The van der Waals surface area contributed by atoms with Gasteiger partial charge in [-0.2, -0.15) is 0 Å². The third-order valence-electron chi connectivity index (χ3n) is 6.02. The number of nitrogens with zero attached hydrogens (tertiary/aromatic N) is 3. The predicted octanol–water partition coefficient (Wildman–Crippen LogP) is 6.11. The number of benzene rings is 3. The zero-order valence-electron chi connectivity index (χ0n) is 17.7. The van der Waals surface area contributed by atoms with E-state index in [0.717, 1.165) is 22.0 Å². The Balaban J connectivity index is 1.80. The summed E-state index contributed by atoms with van der Waals surface area (Å²) in [6, 6.07) is 20.2. The van der Waals surface area contributed by atoms with Crippen LogP contribution in [0.4, 0.5) is 4.39 Å². The highest BCUT2D eigenvalue weighted by atomic mass is 35.5. The van der Waals surface area contributed by atoms with Gasteiger partial charge in [0.25, 0.3) is 5.56 Å². The van der Waals surface area contributed by atoms with Gasteiger partial charge < -0.3 is 4.57 Å². The van der Waals surface area contributed by atoms with Gasteiger partial charge in [-0.15, -0.1) is 0 Å². The lowest BCUT2D eigenvalue weighted by molar-refractivity contribution is 0.597. The van der Waals surface area contributed by atoms with Crippen molar-refractivity contribution in [3.63, 3.8) is 0 Å². The highest BCUT2D eigenvalue weighted by Crippen LogP contribution is 2.30. The van der Waals surface area contributed by atoms with Crippen molar-refractivity contribution in [3.8, 4) is 0 Å². The van der Waals surface area contributed by atoms with Gasteiger partial charge in [0.1, 0.15) is 16.9 Å². The van der Waals surface area contributed by atoms with E-state index < -0.39 is 5.82 Å². The van der Waals surface area contributed by atoms with Crippen LogP contribution in [0.5, 0.6) is 0 Å². The van der Waals surface area contributed by atoms with Gasteiger partial charge in [-0.25, -0.2) is 9.37 Å². The van der Waals surface area contributed by atoms with Gasteiger partial charge in [-0.3, -0.25) is 9.36 Å². The summed E-state index contributed by atoms with van der Waals surface area (Å²) < 4.78 is 18.1. The zero-order valence-corrected chi connectivity index (χ0v) is 18.5. The van der Waals surface area contributed by atoms with E-state index in [1.807, 2.05) is 66.9 Å². The Labute approximate surface area is 189 Å². The first-order valence-electron chi connectivity index (χ1n) is 10.4. The van der Waals surface area contributed by atoms with Crippen LogP contribution in [-0.4, -0.2) is 14.1 Å². The molecular formula is C26H21ClFN3O. The number of aromatic nitrogens is 3. The molecule has 1 unspecified atom stereocenters. The fourth-order valence-electron chi connectivity index (χ4n) is 4.27. The second-order valence-corrected chi connectivity index (χ2v) is 8.46. The molecule has 0 saturated heterocycles. The Morgan fingerprint density at radius 2 is 1.84 bits per heavy atom. The summed E-state index contributed by atoms with van der Waals surface area (Å²) in [4.78, 5) is 18.4. The zero-order chi connectivity index (χ0) is 22.4. The van der Waals surface area contributed by atoms with Crippen molar-refractivity contribution in [2.24, 2.45) is 0 Å². The lowest BCUT2D eigenvalue weighted by Gasteiger charge is -2.16. The van der Waals surface area contributed by atoms with Crippen molar-refractivity contribution in [1.82, 2.24) is 14.1 Å². The summed E-state index contributed by atoms with van der Waals surface area (Å²) in [7, 11) is 0. The van der Waals surface area contributed by atoms with Gasteiger partial charge in [-0.05, 0) is 43.7 Å². The van der Waals surface area contributed by atoms with Crippen molar-refractivity contribution >= 4 is 33.5 Å². The van der Waals surface area contributed by atoms with Crippen molar-refractivity contribution in [1.29, 1.82) is 0 Å². The molecule has 0 saturated carbocycles. The lowest BCUT2D eigenvalue weighted by Crippen LogP contribution is -2.26. The number of halogens is 2. The fourth-order valence-corrected chi connectivity index (χ4v) is 4.49. The molecule has 0 aliphatic carbocycles. The standard InChI is InChI=1S/C26H21ClFN3O/c1-16-11-12-23-19(13-16)24-25(30(23)14-20-21(27)9-6-10-22(20)28)26(32)31(15-29-24)17(2)18-7-4-3-5-8-18/h3-13,15,17H,14H2,1-2H3. The first-order chi connectivity index (χ1) is 15.5. The molecule has 6 heteroatoms. The monoisotopic (exact) mass is 445 g/mol. The Bertz CT molecular complexity index is 1500. The topological polar surface area (TPSA) is 39.8 Å². The summed E-state index contributed by atoms with van der Waals surface area (Å²) in [5, 5.41) is 1.19. The molecule has 160 valence electrons. The average molecular weight is 446 g/mol. The normalized spacial score (nSPS) is 12.5. The van der Waals surface area contributed by atoms with Crippen molar-refractivity contribution < 1.29 is 4.39 Å². The molecule has 0 fully saturated rings. The minimum atomic E-state index is -0.401. The summed E-state index contributed by atoms with van der Waals surface area (Å²) in [6.07, 6.45) is 1.60. The maximum Gasteiger partial charge on any atom is 0.278 e. The Kier molecular flexibility index (Phi) is 5.06. The molecule has 0 aliphatic rings.